The highest BCUT2D eigenvalue weighted by Crippen LogP contribution is 2.79. The highest BCUT2D eigenvalue weighted by molar-refractivity contribution is 5.82. The van der Waals surface area contributed by atoms with E-state index in [1.165, 1.54) is 43.6 Å². The van der Waals surface area contributed by atoms with Crippen LogP contribution in [0.1, 0.15) is 38.2 Å². The largest absolute Gasteiger partial charge is 0.469 e. The molecule has 6 atom stereocenters. The van der Waals surface area contributed by atoms with Crippen LogP contribution in [0.5, 0.6) is 0 Å². The van der Waals surface area contributed by atoms with E-state index in [2.05, 4.69) is 41.4 Å². The molecule has 0 amide bonds. The number of methoxy groups -OCH3 is 1. The highest BCUT2D eigenvalue weighted by Gasteiger charge is 2.86. The lowest BCUT2D eigenvalue weighted by molar-refractivity contribution is -0.150. The number of rotatable bonds is 1. The van der Waals surface area contributed by atoms with Crippen LogP contribution in [0.2, 0.25) is 0 Å². The molecule has 2 saturated carbocycles. The maximum Gasteiger partial charge on any atom is 0.311 e. The first-order chi connectivity index (χ1) is 12.1. The van der Waals surface area contributed by atoms with Crippen molar-refractivity contribution in [3.05, 3.63) is 29.8 Å². The molecular formula is C21H26N2O2. The molecule has 4 nitrogen and oxygen atoms in total. The van der Waals surface area contributed by atoms with E-state index in [-0.39, 0.29) is 28.3 Å². The third kappa shape index (κ3) is 1.23. The standard InChI is InChI=1S/C21H26N2O2/c1-13-19-8-5-10-23-11-9-20(18(19)23)14-6-3-4-7-16(14)22-21(13,20)15(12-19)17(24)25-2/h3-4,6-7,13,15,18,22H,5,8-12H2,1-2H3/t13-,15-,18-,19-,20+,21+/m0/s1. The Bertz CT molecular complexity index is 794. The zero-order valence-corrected chi connectivity index (χ0v) is 15.0. The summed E-state index contributed by atoms with van der Waals surface area (Å²) >= 11 is 0. The lowest BCUT2D eigenvalue weighted by Gasteiger charge is -2.52. The summed E-state index contributed by atoms with van der Waals surface area (Å²) in [5, 5.41) is 3.96. The topological polar surface area (TPSA) is 41.6 Å². The van der Waals surface area contributed by atoms with Gasteiger partial charge in [-0.1, -0.05) is 25.1 Å². The minimum absolute atomic E-state index is 0.00844. The Morgan fingerprint density at radius 3 is 2.96 bits per heavy atom. The van der Waals surface area contributed by atoms with Gasteiger partial charge in [0.05, 0.1) is 18.6 Å². The lowest BCUT2D eigenvalue weighted by Crippen LogP contribution is -2.63. The van der Waals surface area contributed by atoms with Gasteiger partial charge < -0.3 is 10.1 Å². The van der Waals surface area contributed by atoms with E-state index in [9.17, 15) is 4.79 Å². The van der Waals surface area contributed by atoms with Crippen molar-refractivity contribution in [1.29, 1.82) is 0 Å². The van der Waals surface area contributed by atoms with Crippen molar-refractivity contribution in [2.45, 2.75) is 49.6 Å². The first-order valence-corrected chi connectivity index (χ1v) is 9.81. The zero-order chi connectivity index (χ0) is 17.0. The number of nitrogens with one attached hydrogen (secondary N) is 1. The number of benzene rings is 1. The van der Waals surface area contributed by atoms with Gasteiger partial charge in [-0.3, -0.25) is 9.69 Å². The molecule has 5 aliphatic rings. The fraction of sp³-hybridized carbons (Fsp3) is 0.667. The summed E-state index contributed by atoms with van der Waals surface area (Å²) in [7, 11) is 1.56. The fourth-order valence-electron chi connectivity index (χ4n) is 8.44. The number of anilines is 1. The van der Waals surface area contributed by atoms with Crippen molar-refractivity contribution < 1.29 is 9.53 Å². The number of hydrogen-bond acceptors (Lipinski definition) is 4. The molecule has 2 saturated heterocycles. The predicted octanol–water partition coefficient (Wildman–Crippen LogP) is 2.79. The molecule has 2 aliphatic carbocycles. The molecule has 25 heavy (non-hydrogen) atoms. The average Bonchev–Trinajstić information content (AvgIpc) is 3.29. The maximum atomic E-state index is 12.9. The van der Waals surface area contributed by atoms with Crippen LogP contribution < -0.4 is 5.32 Å². The number of fused-ring (bicyclic) bond motifs is 1. The Morgan fingerprint density at radius 1 is 1.28 bits per heavy atom. The van der Waals surface area contributed by atoms with Crippen LogP contribution in [-0.2, 0) is 14.9 Å². The number of nitrogens with zero attached hydrogens (tertiary/aromatic N) is 1. The second kappa shape index (κ2) is 4.22. The van der Waals surface area contributed by atoms with Crippen LogP contribution in [0.15, 0.2) is 24.3 Å². The number of para-hydroxylation sites is 1. The van der Waals surface area contributed by atoms with Crippen LogP contribution in [-0.4, -0.2) is 42.6 Å². The highest BCUT2D eigenvalue weighted by atomic mass is 16.5. The van der Waals surface area contributed by atoms with Gasteiger partial charge in [-0.15, -0.1) is 0 Å². The minimum atomic E-state index is -0.173. The van der Waals surface area contributed by atoms with E-state index in [4.69, 9.17) is 4.74 Å². The van der Waals surface area contributed by atoms with Crippen molar-refractivity contribution >= 4 is 11.7 Å². The lowest BCUT2D eigenvalue weighted by atomic mass is 9.56. The first-order valence-electron chi connectivity index (χ1n) is 9.81. The van der Waals surface area contributed by atoms with E-state index in [1.54, 1.807) is 7.11 Å². The van der Waals surface area contributed by atoms with Crippen LogP contribution in [0.25, 0.3) is 0 Å². The summed E-state index contributed by atoms with van der Waals surface area (Å²) < 4.78 is 5.32. The predicted molar refractivity (Wildman–Crippen MR) is 95.4 cm³/mol. The van der Waals surface area contributed by atoms with Gasteiger partial charge in [-0.2, -0.15) is 0 Å². The molecule has 4 heteroatoms. The van der Waals surface area contributed by atoms with E-state index < -0.39 is 0 Å². The third-order valence-electron chi connectivity index (χ3n) is 8.91. The summed E-state index contributed by atoms with van der Waals surface area (Å²) in [5.74, 6) is 0.449. The molecule has 3 spiro atoms. The Morgan fingerprint density at radius 2 is 2.12 bits per heavy atom. The summed E-state index contributed by atoms with van der Waals surface area (Å²) in [4.78, 5) is 15.7. The molecule has 132 valence electrons. The number of esters is 1. The van der Waals surface area contributed by atoms with Crippen LogP contribution in [0.3, 0.4) is 0 Å². The van der Waals surface area contributed by atoms with Gasteiger partial charge in [0.15, 0.2) is 0 Å². The summed E-state index contributed by atoms with van der Waals surface area (Å²) in [5.41, 5.74) is 2.88. The van der Waals surface area contributed by atoms with E-state index in [1.807, 2.05) is 0 Å². The number of ether oxygens (including phenoxy) is 1. The molecule has 4 fully saturated rings. The van der Waals surface area contributed by atoms with Crippen molar-refractivity contribution in [2.75, 3.05) is 25.5 Å². The summed E-state index contributed by atoms with van der Waals surface area (Å²) in [6.45, 7) is 4.82. The van der Waals surface area contributed by atoms with Gasteiger partial charge in [0, 0.05) is 17.1 Å². The van der Waals surface area contributed by atoms with Crippen LogP contribution >= 0.6 is 0 Å². The molecule has 1 aromatic rings. The van der Waals surface area contributed by atoms with Gasteiger partial charge in [-0.25, -0.2) is 0 Å². The Kier molecular flexibility index (Phi) is 2.47. The minimum Gasteiger partial charge on any atom is -0.469 e. The number of hydrogen-bond donors (Lipinski definition) is 1. The Labute approximate surface area is 148 Å². The van der Waals surface area contributed by atoms with Crippen LogP contribution in [0.4, 0.5) is 5.69 Å². The number of piperidine rings is 1. The quantitative estimate of drug-likeness (QED) is 0.800. The van der Waals surface area contributed by atoms with Crippen LogP contribution in [0, 0.1) is 17.3 Å². The fourth-order valence-corrected chi connectivity index (χ4v) is 8.44. The molecule has 6 rings (SSSR count). The molecule has 3 aliphatic heterocycles. The maximum absolute atomic E-state index is 12.9. The average molecular weight is 338 g/mol. The normalized spacial score (nSPS) is 48.6. The number of carbonyl (C=O) groups excluding carboxylic acids is 1. The van der Waals surface area contributed by atoms with Crippen molar-refractivity contribution in [1.82, 2.24) is 4.90 Å². The molecule has 3 heterocycles. The van der Waals surface area contributed by atoms with E-state index in [0.717, 1.165) is 6.42 Å². The van der Waals surface area contributed by atoms with Gasteiger partial charge in [-0.05, 0) is 61.7 Å². The summed E-state index contributed by atoms with van der Waals surface area (Å²) in [6, 6.07) is 9.42. The monoisotopic (exact) mass is 338 g/mol. The van der Waals surface area contributed by atoms with Crippen molar-refractivity contribution in [3.8, 4) is 0 Å². The second-order valence-corrected chi connectivity index (χ2v) is 9.04. The Balaban J connectivity index is 1.67. The van der Waals surface area contributed by atoms with Gasteiger partial charge in [0.1, 0.15) is 0 Å². The molecule has 1 N–H and O–H groups in total. The van der Waals surface area contributed by atoms with E-state index in [0.29, 0.717) is 12.0 Å². The summed E-state index contributed by atoms with van der Waals surface area (Å²) in [6.07, 6.45) is 4.69. The molecule has 2 bridgehead atoms. The van der Waals surface area contributed by atoms with Crippen molar-refractivity contribution in [3.63, 3.8) is 0 Å². The van der Waals surface area contributed by atoms with Crippen molar-refractivity contribution in [2.24, 2.45) is 17.3 Å². The SMILES string of the molecule is COC(=O)[C@@H]1C[C@@]23CCCN4CC[C@@]5(c6ccccc6N[C@]15[C@H]2C)[C@@H]43. The zero-order valence-electron chi connectivity index (χ0n) is 15.0. The van der Waals surface area contributed by atoms with Gasteiger partial charge in [0.2, 0.25) is 0 Å². The molecule has 0 aromatic heterocycles. The first kappa shape index (κ1) is 14.6. The van der Waals surface area contributed by atoms with E-state index >= 15 is 0 Å². The molecule has 0 unspecified atom stereocenters. The molecule has 0 radical (unpaired) electrons. The smallest absolute Gasteiger partial charge is 0.311 e. The molecular weight excluding hydrogens is 312 g/mol. The molecule has 1 aromatic carbocycles. The Hall–Kier alpha value is -1.55. The van der Waals surface area contributed by atoms with Gasteiger partial charge >= 0.3 is 5.97 Å². The van der Waals surface area contributed by atoms with Gasteiger partial charge in [0.25, 0.3) is 0 Å². The number of carbonyl (C=O) groups is 1. The second-order valence-electron chi connectivity index (χ2n) is 9.04. The third-order valence-corrected chi connectivity index (χ3v) is 8.91.